The predicted molar refractivity (Wildman–Crippen MR) is 124 cm³/mol. The number of piperidine rings is 1. The van der Waals surface area contributed by atoms with Gasteiger partial charge in [-0.3, -0.25) is 9.59 Å². The minimum atomic E-state index is -0.535. The predicted octanol–water partition coefficient (Wildman–Crippen LogP) is 4.66. The van der Waals surface area contributed by atoms with E-state index in [0.717, 1.165) is 37.8 Å². The van der Waals surface area contributed by atoms with Crippen molar-refractivity contribution in [1.82, 2.24) is 10.2 Å². The Labute approximate surface area is 186 Å². The molecule has 1 heterocycles. The Bertz CT molecular complexity index is 873. The maximum Gasteiger partial charge on any atom is 0.230 e. The molecule has 0 radical (unpaired) electrons. The molecule has 31 heavy (non-hydrogen) atoms. The molecule has 4 nitrogen and oxygen atoms in total. The van der Waals surface area contributed by atoms with E-state index in [0.29, 0.717) is 31.8 Å². The fourth-order valence-electron chi connectivity index (χ4n) is 5.03. The van der Waals surface area contributed by atoms with Crippen LogP contribution in [0.2, 0.25) is 0 Å². The average Bonchev–Trinajstić information content (AvgIpc) is 3.63. The standard InChI is InChI=1S/C27H34N2O2/c1-2-3-10-17-28-26(31)27(22-13-8-5-9-14-22)15-18-29(19-16-27)25(30)24-20-23(24)21-11-6-4-7-12-21/h4-9,11-14,23-24H,2-3,10,15-20H2,1H3,(H,28,31)/t23-,24+/m0/s1. The number of amides is 2. The molecule has 2 aliphatic rings. The molecular formula is C27H34N2O2. The molecule has 0 bridgehead atoms. The molecule has 0 aromatic heterocycles. The summed E-state index contributed by atoms with van der Waals surface area (Å²) in [4.78, 5) is 28.5. The summed E-state index contributed by atoms with van der Waals surface area (Å²) in [5.41, 5.74) is 1.80. The molecule has 1 aliphatic heterocycles. The maximum absolute atomic E-state index is 13.3. The number of likely N-dealkylation sites (tertiary alicyclic amines) is 1. The zero-order chi connectivity index (χ0) is 21.7. The summed E-state index contributed by atoms with van der Waals surface area (Å²) in [6.45, 7) is 4.19. The molecule has 4 rings (SSSR count). The lowest BCUT2D eigenvalue weighted by Crippen LogP contribution is -2.53. The first-order valence-electron chi connectivity index (χ1n) is 11.8. The molecule has 0 spiro atoms. The molecule has 0 unspecified atom stereocenters. The summed E-state index contributed by atoms with van der Waals surface area (Å²) in [5.74, 6) is 0.847. The zero-order valence-electron chi connectivity index (χ0n) is 18.6. The Morgan fingerprint density at radius 1 is 0.968 bits per heavy atom. The summed E-state index contributed by atoms with van der Waals surface area (Å²) in [6, 6.07) is 20.5. The van der Waals surface area contributed by atoms with E-state index in [9.17, 15) is 9.59 Å². The number of nitrogens with zero attached hydrogens (tertiary/aromatic N) is 1. The van der Waals surface area contributed by atoms with Gasteiger partial charge in [0.2, 0.25) is 11.8 Å². The van der Waals surface area contributed by atoms with Crippen LogP contribution in [0.5, 0.6) is 0 Å². The highest BCUT2D eigenvalue weighted by Crippen LogP contribution is 2.49. The van der Waals surface area contributed by atoms with Crippen LogP contribution in [-0.2, 0) is 15.0 Å². The summed E-state index contributed by atoms with van der Waals surface area (Å²) >= 11 is 0. The van der Waals surface area contributed by atoms with Crippen molar-refractivity contribution in [3.63, 3.8) is 0 Å². The molecule has 1 saturated carbocycles. The van der Waals surface area contributed by atoms with Gasteiger partial charge in [0.15, 0.2) is 0 Å². The lowest BCUT2D eigenvalue weighted by molar-refractivity contribution is -0.138. The Morgan fingerprint density at radius 3 is 2.26 bits per heavy atom. The van der Waals surface area contributed by atoms with Gasteiger partial charge in [-0.15, -0.1) is 0 Å². The lowest BCUT2D eigenvalue weighted by atomic mass is 9.72. The summed E-state index contributed by atoms with van der Waals surface area (Å²) in [6.07, 6.45) is 5.60. The quantitative estimate of drug-likeness (QED) is 0.634. The number of nitrogens with one attached hydrogen (secondary N) is 1. The first-order valence-corrected chi connectivity index (χ1v) is 11.8. The zero-order valence-corrected chi connectivity index (χ0v) is 18.6. The van der Waals surface area contributed by atoms with Crippen molar-refractivity contribution in [2.24, 2.45) is 5.92 Å². The largest absolute Gasteiger partial charge is 0.355 e. The van der Waals surface area contributed by atoms with Gasteiger partial charge in [0.1, 0.15) is 0 Å². The fraction of sp³-hybridized carbons (Fsp3) is 0.481. The third-order valence-electron chi connectivity index (χ3n) is 7.09. The highest BCUT2D eigenvalue weighted by Gasteiger charge is 2.49. The van der Waals surface area contributed by atoms with Crippen molar-refractivity contribution in [3.8, 4) is 0 Å². The van der Waals surface area contributed by atoms with Crippen LogP contribution >= 0.6 is 0 Å². The number of rotatable bonds is 8. The van der Waals surface area contributed by atoms with E-state index < -0.39 is 5.41 Å². The highest BCUT2D eigenvalue weighted by molar-refractivity contribution is 5.89. The van der Waals surface area contributed by atoms with E-state index in [1.807, 2.05) is 41.3 Å². The van der Waals surface area contributed by atoms with E-state index in [2.05, 4.69) is 36.5 Å². The Hall–Kier alpha value is -2.62. The molecule has 2 amide bonds. The van der Waals surface area contributed by atoms with Gasteiger partial charge in [0.25, 0.3) is 0 Å². The van der Waals surface area contributed by atoms with E-state index in [1.54, 1.807) is 0 Å². The molecule has 2 aromatic rings. The second-order valence-electron chi connectivity index (χ2n) is 9.10. The van der Waals surface area contributed by atoms with Gasteiger partial charge in [-0.1, -0.05) is 80.4 Å². The van der Waals surface area contributed by atoms with Gasteiger partial charge >= 0.3 is 0 Å². The van der Waals surface area contributed by atoms with Crippen molar-refractivity contribution in [2.75, 3.05) is 19.6 Å². The van der Waals surface area contributed by atoms with E-state index >= 15 is 0 Å². The average molecular weight is 419 g/mol. The number of benzene rings is 2. The third kappa shape index (κ3) is 4.68. The Balaban J connectivity index is 1.41. The lowest BCUT2D eigenvalue weighted by Gasteiger charge is -2.41. The second kappa shape index (κ2) is 9.67. The highest BCUT2D eigenvalue weighted by atomic mass is 16.2. The molecule has 4 heteroatoms. The minimum absolute atomic E-state index is 0.106. The van der Waals surface area contributed by atoms with Gasteiger partial charge in [0, 0.05) is 25.6 Å². The number of carbonyl (C=O) groups excluding carboxylic acids is 2. The molecule has 1 aliphatic carbocycles. The summed E-state index contributed by atoms with van der Waals surface area (Å²) in [7, 11) is 0. The van der Waals surface area contributed by atoms with E-state index in [4.69, 9.17) is 0 Å². The van der Waals surface area contributed by atoms with Crippen molar-refractivity contribution in [1.29, 1.82) is 0 Å². The van der Waals surface area contributed by atoms with Gasteiger partial charge in [-0.05, 0) is 42.7 Å². The molecular weight excluding hydrogens is 384 g/mol. The fourth-order valence-corrected chi connectivity index (χ4v) is 5.03. The Kier molecular flexibility index (Phi) is 6.74. The third-order valence-corrected chi connectivity index (χ3v) is 7.09. The van der Waals surface area contributed by atoms with Gasteiger partial charge in [-0.25, -0.2) is 0 Å². The first-order chi connectivity index (χ1) is 15.2. The monoisotopic (exact) mass is 418 g/mol. The van der Waals surface area contributed by atoms with Gasteiger partial charge in [-0.2, -0.15) is 0 Å². The molecule has 164 valence electrons. The number of carbonyl (C=O) groups is 2. The number of unbranched alkanes of at least 4 members (excludes halogenated alkanes) is 2. The maximum atomic E-state index is 13.3. The van der Waals surface area contributed by atoms with Crippen molar-refractivity contribution in [3.05, 3.63) is 71.8 Å². The van der Waals surface area contributed by atoms with Crippen LogP contribution in [0.15, 0.2) is 60.7 Å². The summed E-state index contributed by atoms with van der Waals surface area (Å²) in [5, 5.41) is 3.19. The topological polar surface area (TPSA) is 49.4 Å². The van der Waals surface area contributed by atoms with Gasteiger partial charge < -0.3 is 10.2 Å². The van der Waals surface area contributed by atoms with Crippen LogP contribution in [-0.4, -0.2) is 36.3 Å². The second-order valence-corrected chi connectivity index (χ2v) is 9.10. The number of hydrogen-bond donors (Lipinski definition) is 1. The number of hydrogen-bond acceptors (Lipinski definition) is 2. The van der Waals surface area contributed by atoms with Crippen LogP contribution in [0, 0.1) is 5.92 Å². The molecule has 1 saturated heterocycles. The molecule has 2 fully saturated rings. The Morgan fingerprint density at radius 2 is 1.61 bits per heavy atom. The smallest absolute Gasteiger partial charge is 0.230 e. The normalized spacial score (nSPS) is 22.0. The SMILES string of the molecule is CCCCCNC(=O)C1(c2ccccc2)CCN(C(=O)[C@@H]2C[C@H]2c2ccccc2)CC1. The molecule has 2 atom stereocenters. The van der Waals surface area contributed by atoms with Gasteiger partial charge in [0.05, 0.1) is 5.41 Å². The van der Waals surface area contributed by atoms with Crippen molar-refractivity contribution < 1.29 is 9.59 Å². The van der Waals surface area contributed by atoms with Crippen LogP contribution in [0.4, 0.5) is 0 Å². The van der Waals surface area contributed by atoms with Crippen LogP contribution in [0.3, 0.4) is 0 Å². The van der Waals surface area contributed by atoms with Crippen LogP contribution in [0.25, 0.3) is 0 Å². The van der Waals surface area contributed by atoms with E-state index in [1.165, 1.54) is 5.56 Å². The van der Waals surface area contributed by atoms with Crippen molar-refractivity contribution >= 4 is 11.8 Å². The molecule has 1 N–H and O–H groups in total. The minimum Gasteiger partial charge on any atom is -0.355 e. The van der Waals surface area contributed by atoms with Crippen LogP contribution in [0.1, 0.15) is 62.5 Å². The van der Waals surface area contributed by atoms with E-state index in [-0.39, 0.29) is 17.7 Å². The first kappa shape index (κ1) is 21.6. The van der Waals surface area contributed by atoms with Crippen LogP contribution < -0.4 is 5.32 Å². The summed E-state index contributed by atoms with van der Waals surface area (Å²) < 4.78 is 0. The molecule has 2 aromatic carbocycles. The van der Waals surface area contributed by atoms with Crippen molar-refractivity contribution in [2.45, 2.75) is 56.8 Å².